The van der Waals surface area contributed by atoms with Crippen LogP contribution < -0.4 is 9.20 Å². The van der Waals surface area contributed by atoms with Crippen LogP contribution in [0.3, 0.4) is 0 Å². The molecular weight excluding hydrogens is 204 g/mol. The van der Waals surface area contributed by atoms with E-state index in [9.17, 15) is 0 Å². The Morgan fingerprint density at radius 1 is 1.64 bits per heavy atom. The fourth-order valence-electron chi connectivity index (χ4n) is 0.762. The Labute approximate surface area is 76.7 Å². The van der Waals surface area contributed by atoms with Crippen LogP contribution in [0.4, 0.5) is 0 Å². The molecule has 1 unspecified atom stereocenters. The summed E-state index contributed by atoms with van der Waals surface area (Å²) in [5, 5.41) is -1.08. The van der Waals surface area contributed by atoms with Crippen LogP contribution in [0.25, 0.3) is 0 Å². The van der Waals surface area contributed by atoms with E-state index in [0.29, 0.717) is 0 Å². The zero-order chi connectivity index (χ0) is 9.90. The van der Waals surface area contributed by atoms with Crippen molar-refractivity contribution in [3.63, 3.8) is 0 Å². The number of ether oxygens (including phenoxy) is 1. The van der Waals surface area contributed by atoms with Gasteiger partial charge in [-0.1, -0.05) is 0 Å². The van der Waals surface area contributed by atoms with Gasteiger partial charge in [-0.15, -0.1) is 0 Å². The predicted molar refractivity (Wildman–Crippen MR) is 48.9 cm³/mol. The van der Waals surface area contributed by atoms with Gasteiger partial charge >= 0.3 is 76.2 Å². The summed E-state index contributed by atoms with van der Waals surface area (Å²) >= 11 is -0.126. The van der Waals surface area contributed by atoms with Gasteiger partial charge in [-0.25, -0.2) is 0 Å². The summed E-state index contributed by atoms with van der Waals surface area (Å²) < 4.78 is 20.9. The Morgan fingerprint density at radius 3 is 2.73 bits per heavy atom. The first-order valence-electron chi connectivity index (χ1n) is 4.34. The van der Waals surface area contributed by atoms with Crippen LogP contribution in [0.2, 0.25) is 5.27 Å². The molecule has 0 bridgehead atoms. The zero-order valence-corrected chi connectivity index (χ0v) is 8.34. The van der Waals surface area contributed by atoms with Gasteiger partial charge in [0.2, 0.25) is 0 Å². The Kier molecular flexibility index (Phi) is 2.45. The minimum absolute atomic E-state index is 0.126. The zero-order valence-electron chi connectivity index (χ0n) is 8.63. The Hall–Kier alpha value is -0.461. The van der Waals surface area contributed by atoms with Gasteiger partial charge in [0.25, 0.3) is 0 Å². The van der Waals surface area contributed by atoms with Crippen LogP contribution in [0, 0.1) is 0 Å². The van der Waals surface area contributed by atoms with Gasteiger partial charge in [0.15, 0.2) is 0 Å². The van der Waals surface area contributed by atoms with Crippen molar-refractivity contribution in [1.29, 1.82) is 0 Å². The van der Waals surface area contributed by atoms with Gasteiger partial charge in [-0.3, -0.25) is 0 Å². The molecular formula is C9H12OSe. The summed E-state index contributed by atoms with van der Waals surface area (Å²) in [6.07, 6.45) is 0. The van der Waals surface area contributed by atoms with E-state index in [1.807, 2.05) is 24.3 Å². The predicted octanol–water partition coefficient (Wildman–Crippen LogP) is 1.46. The fraction of sp³-hybridized carbons (Fsp3) is 0.333. The molecule has 0 aliphatic heterocycles. The molecule has 0 N–H and O–H groups in total. The van der Waals surface area contributed by atoms with Crippen LogP contribution >= 0.6 is 0 Å². The van der Waals surface area contributed by atoms with Crippen molar-refractivity contribution in [2.24, 2.45) is 0 Å². The number of methoxy groups -OCH3 is 1. The monoisotopic (exact) mass is 218 g/mol. The van der Waals surface area contributed by atoms with E-state index >= 15 is 0 Å². The second-order valence-electron chi connectivity index (χ2n) is 1.98. The summed E-state index contributed by atoms with van der Waals surface area (Å²) in [5.74, 6) is 0.816. The van der Waals surface area contributed by atoms with Crippen molar-refractivity contribution < 1.29 is 7.48 Å². The average molecular weight is 217 g/mol. The molecule has 1 aromatic rings. The second-order valence-corrected chi connectivity index (χ2v) is 4.26. The number of hydrogen-bond donors (Lipinski definition) is 0. The van der Waals surface area contributed by atoms with E-state index in [4.69, 9.17) is 7.48 Å². The molecule has 0 radical (unpaired) electrons. The van der Waals surface area contributed by atoms with Crippen LogP contribution in [-0.2, 0) is 0 Å². The van der Waals surface area contributed by atoms with Crippen molar-refractivity contribution in [2.75, 3.05) is 7.11 Å². The summed E-state index contributed by atoms with van der Waals surface area (Å²) in [6, 6.07) is 7.56. The fourth-order valence-corrected chi connectivity index (χ4v) is 1.83. The SMILES string of the molecule is [1H][13C]([2H])(C)[Se]c1ccc(OC)cc1. The normalized spacial score (nSPS) is 18.0. The molecule has 0 aliphatic rings. The minimum atomic E-state index is -1.08. The van der Waals surface area contributed by atoms with Crippen molar-refractivity contribution in [3.8, 4) is 5.75 Å². The second kappa shape index (κ2) is 4.42. The van der Waals surface area contributed by atoms with Crippen LogP contribution in [0.15, 0.2) is 24.3 Å². The van der Waals surface area contributed by atoms with E-state index < -0.39 is 5.27 Å². The molecule has 0 fully saturated rings. The Balaban J connectivity index is 2.70. The van der Waals surface area contributed by atoms with Crippen molar-refractivity contribution in [1.82, 2.24) is 0 Å². The standard InChI is InChI=1S/C9H12OSe/c1-3-11-9-6-4-8(10-2)5-7-9/h4-7H,3H2,1-2H3/i3+1DH. The molecule has 1 atom stereocenters. The quantitative estimate of drug-likeness (QED) is 0.550. The number of hydrogen-bond acceptors (Lipinski definition) is 1. The van der Waals surface area contributed by atoms with Gasteiger partial charge in [0.05, 0.1) is 0 Å². The van der Waals surface area contributed by atoms with Gasteiger partial charge in [-0.05, 0) is 0 Å². The molecule has 0 aromatic heterocycles. The molecule has 0 heterocycles. The van der Waals surface area contributed by atoms with Crippen molar-refractivity contribution in [2.45, 2.75) is 12.2 Å². The maximum atomic E-state index is 7.43. The topological polar surface area (TPSA) is 9.23 Å². The molecule has 1 rings (SSSR count). The first-order chi connectivity index (χ1) is 6.01. The molecule has 0 amide bonds. The summed E-state index contributed by atoms with van der Waals surface area (Å²) in [5.41, 5.74) is 0. The van der Waals surface area contributed by atoms with Gasteiger partial charge < -0.3 is 0 Å². The van der Waals surface area contributed by atoms with Crippen molar-refractivity contribution in [3.05, 3.63) is 24.3 Å². The third-order valence-corrected chi connectivity index (χ3v) is 2.77. The Bertz CT molecular complexity index is 266. The molecule has 2 heteroatoms. The van der Waals surface area contributed by atoms with Crippen molar-refractivity contribution >= 4 is 19.4 Å². The van der Waals surface area contributed by atoms with Gasteiger partial charge in [0, 0.05) is 0 Å². The third kappa shape index (κ3) is 2.57. The van der Waals surface area contributed by atoms with Crippen LogP contribution in [-0.4, -0.2) is 22.1 Å². The van der Waals surface area contributed by atoms with E-state index in [1.54, 1.807) is 14.0 Å². The molecule has 0 spiro atoms. The number of rotatable bonds is 3. The average Bonchev–Trinajstić information content (AvgIpc) is 2.03. The van der Waals surface area contributed by atoms with E-state index in [0.717, 1.165) is 10.2 Å². The van der Waals surface area contributed by atoms with E-state index in [2.05, 4.69) is 0 Å². The van der Waals surface area contributed by atoms with Gasteiger partial charge in [0.1, 0.15) is 0 Å². The summed E-state index contributed by atoms with van der Waals surface area (Å²) in [4.78, 5) is 0. The van der Waals surface area contributed by atoms with E-state index in [1.165, 1.54) is 0 Å². The first kappa shape index (κ1) is 6.10. The Morgan fingerprint density at radius 2 is 2.27 bits per heavy atom. The number of benzene rings is 1. The summed E-state index contributed by atoms with van der Waals surface area (Å²) in [6.45, 7) is 1.61. The molecule has 1 aromatic carbocycles. The van der Waals surface area contributed by atoms with E-state index in [-0.39, 0.29) is 15.0 Å². The molecule has 0 aliphatic carbocycles. The van der Waals surface area contributed by atoms with Gasteiger partial charge in [-0.2, -0.15) is 0 Å². The molecule has 1 nitrogen and oxygen atoms in total. The molecule has 0 saturated carbocycles. The summed E-state index contributed by atoms with van der Waals surface area (Å²) in [7, 11) is 1.62. The van der Waals surface area contributed by atoms with Crippen LogP contribution in [0.5, 0.6) is 5.75 Å². The maximum absolute atomic E-state index is 7.43. The molecule has 60 valence electrons. The third-order valence-electron chi connectivity index (χ3n) is 1.28. The van der Waals surface area contributed by atoms with Crippen LogP contribution in [0.1, 0.15) is 9.67 Å². The first-order valence-corrected chi connectivity index (χ1v) is 5.06. The molecule has 0 saturated heterocycles. The molecule has 11 heavy (non-hydrogen) atoms.